The number of thioether (sulfide) groups is 1. The lowest BCUT2D eigenvalue weighted by molar-refractivity contribution is -0.113. The summed E-state index contributed by atoms with van der Waals surface area (Å²) in [5.41, 5.74) is 2.95. The third-order valence-corrected chi connectivity index (χ3v) is 4.93. The largest absolute Gasteiger partial charge is 0.431 e. The predicted molar refractivity (Wildman–Crippen MR) is 105 cm³/mol. The van der Waals surface area contributed by atoms with Gasteiger partial charge >= 0.3 is 0 Å². The number of hydrogen-bond donors (Lipinski definition) is 1. The maximum absolute atomic E-state index is 12.1. The van der Waals surface area contributed by atoms with E-state index in [9.17, 15) is 4.79 Å². The number of amides is 1. The van der Waals surface area contributed by atoms with Crippen LogP contribution in [0, 0.1) is 0 Å². The highest BCUT2D eigenvalue weighted by Gasteiger charge is 2.10. The third kappa shape index (κ3) is 4.96. The molecule has 0 fully saturated rings. The van der Waals surface area contributed by atoms with Crippen LogP contribution in [-0.4, -0.2) is 16.6 Å². The number of carbonyl (C=O) groups is 1. The first-order valence-corrected chi connectivity index (χ1v) is 9.65. The molecule has 0 bridgehead atoms. The van der Waals surface area contributed by atoms with Gasteiger partial charge in [0.2, 0.25) is 5.91 Å². The smallest absolute Gasteiger partial charge is 0.256 e. The van der Waals surface area contributed by atoms with Gasteiger partial charge in [-0.3, -0.25) is 4.79 Å². The van der Waals surface area contributed by atoms with E-state index in [0.717, 1.165) is 22.1 Å². The molecule has 128 valence electrons. The highest BCUT2D eigenvalue weighted by Crippen LogP contribution is 2.26. The maximum atomic E-state index is 12.1. The lowest BCUT2D eigenvalue weighted by atomic mass is 10.1. The molecule has 0 saturated heterocycles. The SMILES string of the molecule is CCc1cccc(NC(=O)CSc2ncc(-c3ccc(Br)cc3)o2)c1. The second kappa shape index (κ2) is 8.36. The number of rotatable bonds is 6. The van der Waals surface area contributed by atoms with Crippen LogP contribution in [0.15, 0.2) is 68.8 Å². The van der Waals surface area contributed by atoms with E-state index in [0.29, 0.717) is 11.0 Å². The highest BCUT2D eigenvalue weighted by atomic mass is 79.9. The predicted octanol–water partition coefficient (Wildman–Crippen LogP) is 5.40. The minimum atomic E-state index is -0.0818. The molecule has 25 heavy (non-hydrogen) atoms. The van der Waals surface area contributed by atoms with Crippen LogP contribution in [0.5, 0.6) is 0 Å². The topological polar surface area (TPSA) is 55.1 Å². The van der Waals surface area contributed by atoms with Gasteiger partial charge in [-0.2, -0.15) is 0 Å². The van der Waals surface area contributed by atoms with Crippen molar-refractivity contribution in [1.82, 2.24) is 4.98 Å². The molecular weight excluding hydrogens is 400 g/mol. The zero-order chi connectivity index (χ0) is 17.6. The monoisotopic (exact) mass is 416 g/mol. The summed E-state index contributed by atoms with van der Waals surface area (Å²) in [7, 11) is 0. The number of nitrogens with zero attached hydrogens (tertiary/aromatic N) is 1. The number of hydrogen-bond acceptors (Lipinski definition) is 4. The highest BCUT2D eigenvalue weighted by molar-refractivity contribution is 9.10. The summed E-state index contributed by atoms with van der Waals surface area (Å²) in [5.74, 6) is 0.851. The molecule has 0 aliphatic heterocycles. The van der Waals surface area contributed by atoms with Crippen molar-refractivity contribution in [2.75, 3.05) is 11.1 Å². The van der Waals surface area contributed by atoms with Gasteiger partial charge in [0, 0.05) is 15.7 Å². The molecule has 0 unspecified atom stereocenters. The van der Waals surface area contributed by atoms with Gasteiger partial charge in [-0.1, -0.05) is 58.9 Å². The lowest BCUT2D eigenvalue weighted by Crippen LogP contribution is -2.14. The molecular formula is C19H17BrN2O2S. The second-order valence-corrected chi connectivity index (χ2v) is 7.23. The molecule has 0 aliphatic rings. The Kier molecular flexibility index (Phi) is 5.94. The van der Waals surface area contributed by atoms with Crippen molar-refractivity contribution in [3.8, 4) is 11.3 Å². The van der Waals surface area contributed by atoms with Crippen molar-refractivity contribution in [3.05, 3.63) is 64.8 Å². The Morgan fingerprint density at radius 3 is 2.80 bits per heavy atom. The number of aromatic nitrogens is 1. The molecule has 0 spiro atoms. The van der Waals surface area contributed by atoms with Crippen LogP contribution in [0.4, 0.5) is 5.69 Å². The molecule has 2 aromatic carbocycles. The Labute approximate surface area is 159 Å². The standard InChI is InChI=1S/C19H17BrN2O2S/c1-2-13-4-3-5-16(10-13)22-18(23)12-25-19-21-11-17(24-19)14-6-8-15(20)9-7-14/h3-11H,2,12H2,1H3,(H,22,23). The van der Waals surface area contributed by atoms with Crippen molar-refractivity contribution in [2.45, 2.75) is 18.6 Å². The Balaban J connectivity index is 1.56. The summed E-state index contributed by atoms with van der Waals surface area (Å²) in [6.45, 7) is 2.09. The number of benzene rings is 2. The third-order valence-electron chi connectivity index (χ3n) is 3.56. The molecule has 1 aromatic heterocycles. The average Bonchev–Trinajstić information content (AvgIpc) is 3.10. The summed E-state index contributed by atoms with van der Waals surface area (Å²) in [6.07, 6.45) is 2.61. The van der Waals surface area contributed by atoms with Crippen LogP contribution in [0.2, 0.25) is 0 Å². The Hall–Kier alpha value is -2.05. The number of carbonyl (C=O) groups excluding carboxylic acids is 1. The van der Waals surface area contributed by atoms with Crippen molar-refractivity contribution in [2.24, 2.45) is 0 Å². The molecule has 6 heteroatoms. The van der Waals surface area contributed by atoms with Crippen molar-refractivity contribution >= 4 is 39.3 Å². The minimum absolute atomic E-state index is 0.0818. The molecule has 4 nitrogen and oxygen atoms in total. The van der Waals surface area contributed by atoms with E-state index in [1.54, 1.807) is 6.20 Å². The number of anilines is 1. The van der Waals surface area contributed by atoms with Gasteiger partial charge in [-0.15, -0.1) is 0 Å². The zero-order valence-electron chi connectivity index (χ0n) is 13.7. The van der Waals surface area contributed by atoms with Crippen LogP contribution in [0.25, 0.3) is 11.3 Å². The fourth-order valence-corrected chi connectivity index (χ4v) is 3.13. The van der Waals surface area contributed by atoms with E-state index >= 15 is 0 Å². The van der Waals surface area contributed by atoms with E-state index < -0.39 is 0 Å². The van der Waals surface area contributed by atoms with Crippen LogP contribution in [-0.2, 0) is 11.2 Å². The molecule has 0 radical (unpaired) electrons. The van der Waals surface area contributed by atoms with Gasteiger partial charge in [-0.05, 0) is 36.2 Å². The Morgan fingerprint density at radius 2 is 2.04 bits per heavy atom. The second-order valence-electron chi connectivity index (χ2n) is 5.39. The van der Waals surface area contributed by atoms with E-state index in [1.807, 2.05) is 48.5 Å². The number of oxazole rings is 1. The van der Waals surface area contributed by atoms with Gasteiger partial charge in [0.25, 0.3) is 5.22 Å². The first-order valence-electron chi connectivity index (χ1n) is 7.87. The first kappa shape index (κ1) is 17.8. The zero-order valence-corrected chi connectivity index (χ0v) is 16.1. The minimum Gasteiger partial charge on any atom is -0.431 e. The summed E-state index contributed by atoms with van der Waals surface area (Å²) in [4.78, 5) is 16.3. The average molecular weight is 417 g/mol. The lowest BCUT2D eigenvalue weighted by Gasteiger charge is -2.05. The van der Waals surface area contributed by atoms with E-state index in [-0.39, 0.29) is 11.7 Å². The van der Waals surface area contributed by atoms with Crippen molar-refractivity contribution in [1.29, 1.82) is 0 Å². The van der Waals surface area contributed by atoms with Gasteiger partial charge in [0.05, 0.1) is 11.9 Å². The fourth-order valence-electron chi connectivity index (χ4n) is 2.27. The fraction of sp³-hybridized carbons (Fsp3) is 0.158. The van der Waals surface area contributed by atoms with Gasteiger partial charge in [-0.25, -0.2) is 4.98 Å². The molecule has 3 rings (SSSR count). The van der Waals surface area contributed by atoms with Crippen molar-refractivity contribution < 1.29 is 9.21 Å². The molecule has 1 heterocycles. The summed E-state index contributed by atoms with van der Waals surface area (Å²) in [6, 6.07) is 15.7. The molecule has 0 aliphatic carbocycles. The first-order chi connectivity index (χ1) is 12.1. The van der Waals surface area contributed by atoms with Crippen LogP contribution in [0.1, 0.15) is 12.5 Å². The number of halogens is 1. The van der Waals surface area contributed by atoms with E-state index in [1.165, 1.54) is 17.3 Å². The maximum Gasteiger partial charge on any atom is 0.256 e. The van der Waals surface area contributed by atoms with E-state index in [2.05, 4.69) is 33.2 Å². The molecule has 1 N–H and O–H groups in total. The summed E-state index contributed by atoms with van der Waals surface area (Å²) < 4.78 is 6.71. The van der Waals surface area contributed by atoms with Gasteiger partial charge < -0.3 is 9.73 Å². The Bertz CT molecular complexity index is 862. The molecule has 0 atom stereocenters. The normalized spacial score (nSPS) is 10.6. The Morgan fingerprint density at radius 1 is 1.24 bits per heavy atom. The quantitative estimate of drug-likeness (QED) is 0.546. The summed E-state index contributed by atoms with van der Waals surface area (Å²) >= 11 is 4.68. The van der Waals surface area contributed by atoms with Crippen molar-refractivity contribution in [3.63, 3.8) is 0 Å². The number of aryl methyl sites for hydroxylation is 1. The summed E-state index contributed by atoms with van der Waals surface area (Å²) in [5, 5.41) is 3.38. The van der Waals surface area contributed by atoms with Gasteiger partial charge in [0.1, 0.15) is 0 Å². The van der Waals surface area contributed by atoms with E-state index in [4.69, 9.17) is 4.42 Å². The molecule has 3 aromatic rings. The molecule has 0 saturated carbocycles. The van der Waals surface area contributed by atoms with Crippen LogP contribution in [0.3, 0.4) is 0 Å². The van der Waals surface area contributed by atoms with Gasteiger partial charge in [0.15, 0.2) is 5.76 Å². The van der Waals surface area contributed by atoms with Crippen LogP contribution >= 0.6 is 27.7 Å². The van der Waals surface area contributed by atoms with Crippen LogP contribution < -0.4 is 5.32 Å². The number of nitrogens with one attached hydrogen (secondary N) is 1. The molecule has 1 amide bonds.